The van der Waals surface area contributed by atoms with Crippen molar-refractivity contribution in [1.82, 2.24) is 0 Å². The zero-order valence-electron chi connectivity index (χ0n) is 14.8. The van der Waals surface area contributed by atoms with Gasteiger partial charge in [0, 0.05) is 11.8 Å². The average Bonchev–Trinajstić information content (AvgIpc) is 2.54. The van der Waals surface area contributed by atoms with Crippen molar-refractivity contribution >= 4 is 5.78 Å². The number of aliphatic hydroxyl groups is 2. The van der Waals surface area contributed by atoms with Gasteiger partial charge in [-0.05, 0) is 62.2 Å². The van der Waals surface area contributed by atoms with Crippen LogP contribution in [0.2, 0.25) is 0 Å². The molecule has 0 saturated heterocycles. The lowest BCUT2D eigenvalue weighted by molar-refractivity contribution is -0.173. The third kappa shape index (κ3) is 3.00. The Morgan fingerprint density at radius 3 is 2.48 bits per heavy atom. The van der Waals surface area contributed by atoms with Crippen LogP contribution in [0, 0.1) is 29.1 Å². The predicted octanol–water partition coefficient (Wildman–Crippen LogP) is 3.71. The number of fused-ring (bicyclic) bond motifs is 1. The molecule has 0 amide bonds. The lowest BCUT2D eigenvalue weighted by Crippen LogP contribution is -2.61. The van der Waals surface area contributed by atoms with E-state index in [1.807, 2.05) is 0 Å². The van der Waals surface area contributed by atoms with Crippen molar-refractivity contribution in [3.8, 4) is 0 Å². The highest BCUT2D eigenvalue weighted by molar-refractivity contribution is 5.92. The van der Waals surface area contributed by atoms with E-state index in [9.17, 15) is 15.0 Å². The Morgan fingerprint density at radius 1 is 1.17 bits per heavy atom. The van der Waals surface area contributed by atoms with E-state index in [1.54, 1.807) is 0 Å². The summed E-state index contributed by atoms with van der Waals surface area (Å²) in [4.78, 5) is 12.3. The summed E-state index contributed by atoms with van der Waals surface area (Å²) in [6.07, 6.45) is 9.58. The van der Waals surface area contributed by atoms with E-state index < -0.39 is 0 Å². The number of carbonyl (C=O) groups is 1. The molecule has 0 aromatic heterocycles. The smallest absolute Gasteiger partial charge is 0.139 e. The molecule has 3 nitrogen and oxygen atoms in total. The van der Waals surface area contributed by atoms with E-state index in [4.69, 9.17) is 0 Å². The summed E-state index contributed by atoms with van der Waals surface area (Å²) in [5, 5.41) is 21.0. The van der Waals surface area contributed by atoms with Crippen LogP contribution in [0.4, 0.5) is 0 Å². The number of hydrogen-bond donors (Lipinski definition) is 2. The van der Waals surface area contributed by atoms with Crippen LogP contribution in [-0.4, -0.2) is 28.2 Å². The minimum atomic E-state index is -0.279. The number of carbonyl (C=O) groups excluding carboxylic acids is 1. The van der Waals surface area contributed by atoms with Crippen LogP contribution < -0.4 is 0 Å². The second kappa shape index (κ2) is 6.84. The van der Waals surface area contributed by atoms with E-state index >= 15 is 0 Å². The summed E-state index contributed by atoms with van der Waals surface area (Å²) < 4.78 is 0. The first-order valence-corrected chi connectivity index (χ1v) is 9.86. The van der Waals surface area contributed by atoms with Gasteiger partial charge < -0.3 is 10.2 Å². The first kappa shape index (κ1) is 17.4. The van der Waals surface area contributed by atoms with E-state index in [2.05, 4.69) is 13.8 Å². The van der Waals surface area contributed by atoms with Gasteiger partial charge in [0.1, 0.15) is 5.78 Å². The molecule has 3 fully saturated rings. The Balaban J connectivity index is 1.61. The molecule has 3 saturated carbocycles. The Labute approximate surface area is 140 Å². The van der Waals surface area contributed by atoms with Crippen LogP contribution >= 0.6 is 0 Å². The first-order chi connectivity index (χ1) is 11.0. The molecule has 3 rings (SSSR count). The van der Waals surface area contributed by atoms with Crippen molar-refractivity contribution in [2.75, 3.05) is 0 Å². The van der Waals surface area contributed by atoms with Crippen LogP contribution in [0.25, 0.3) is 0 Å². The number of hydrogen-bond acceptors (Lipinski definition) is 3. The van der Waals surface area contributed by atoms with Crippen molar-refractivity contribution in [3.63, 3.8) is 0 Å². The maximum absolute atomic E-state index is 12.3. The molecule has 0 aromatic rings. The van der Waals surface area contributed by atoms with E-state index in [1.165, 1.54) is 19.3 Å². The number of ketones is 1. The van der Waals surface area contributed by atoms with Gasteiger partial charge in [-0.15, -0.1) is 0 Å². The van der Waals surface area contributed by atoms with Crippen molar-refractivity contribution in [2.45, 2.75) is 90.3 Å². The molecule has 2 N–H and O–H groups in total. The largest absolute Gasteiger partial charge is 0.393 e. The molecule has 3 aliphatic rings. The third-order valence-electron chi connectivity index (χ3n) is 7.47. The highest BCUT2D eigenvalue weighted by atomic mass is 16.3. The normalized spacial score (nSPS) is 39.9. The quantitative estimate of drug-likeness (QED) is 0.811. The molecule has 0 spiro atoms. The van der Waals surface area contributed by atoms with Crippen LogP contribution in [0.1, 0.15) is 78.1 Å². The lowest BCUT2D eigenvalue weighted by Gasteiger charge is -2.58. The van der Waals surface area contributed by atoms with Crippen LogP contribution in [0.5, 0.6) is 0 Å². The molecular weight excluding hydrogens is 288 g/mol. The van der Waals surface area contributed by atoms with Gasteiger partial charge in [0.05, 0.1) is 12.2 Å². The Hall–Kier alpha value is -0.410. The minimum absolute atomic E-state index is 0.167. The summed E-state index contributed by atoms with van der Waals surface area (Å²) in [7, 11) is 0. The van der Waals surface area contributed by atoms with Gasteiger partial charge in [0.15, 0.2) is 0 Å². The summed E-state index contributed by atoms with van der Waals surface area (Å²) >= 11 is 0. The minimum Gasteiger partial charge on any atom is -0.393 e. The molecule has 3 heteroatoms. The first-order valence-electron chi connectivity index (χ1n) is 9.86. The standard InChI is InChI=1S/C20H34O3/c1-13(2)20-11-10-18(22)15(16(20)12-19(20)23)8-9-17(21)14-6-4-3-5-7-14/h13-18,21-22H,3-12H2,1-2H3/t15-,16-,17-,18-,20-/m0/s1. The second-order valence-corrected chi connectivity index (χ2v) is 8.74. The maximum atomic E-state index is 12.3. The molecule has 0 unspecified atom stereocenters. The zero-order chi connectivity index (χ0) is 16.6. The molecule has 0 radical (unpaired) electrons. The number of aliphatic hydroxyl groups excluding tert-OH is 2. The summed E-state index contributed by atoms with van der Waals surface area (Å²) in [5.74, 6) is 1.80. The van der Waals surface area contributed by atoms with Crippen LogP contribution in [0.15, 0.2) is 0 Å². The van der Waals surface area contributed by atoms with Crippen molar-refractivity contribution in [1.29, 1.82) is 0 Å². The topological polar surface area (TPSA) is 57.5 Å². The molecular formula is C20H34O3. The SMILES string of the molecule is CC(C)[C@@]12CC[C@H](O)[C@@H](CC[C@H](O)C3CCCCC3)[C@@H]1CC2=O. The molecule has 0 aromatic carbocycles. The fourth-order valence-electron chi connectivity index (χ4n) is 5.92. The van der Waals surface area contributed by atoms with Gasteiger partial charge >= 0.3 is 0 Å². The summed E-state index contributed by atoms with van der Waals surface area (Å²) in [6, 6.07) is 0. The fraction of sp³-hybridized carbons (Fsp3) is 0.950. The average molecular weight is 322 g/mol. The number of Topliss-reactive ketones (excluding diaryl/α,β-unsaturated/α-hetero) is 1. The lowest BCUT2D eigenvalue weighted by atomic mass is 9.45. The molecule has 0 aliphatic heterocycles. The van der Waals surface area contributed by atoms with E-state index in [0.29, 0.717) is 30.0 Å². The van der Waals surface area contributed by atoms with E-state index in [0.717, 1.165) is 38.5 Å². The molecule has 0 bridgehead atoms. The van der Waals surface area contributed by atoms with Crippen molar-refractivity contribution in [3.05, 3.63) is 0 Å². The molecule has 132 valence electrons. The van der Waals surface area contributed by atoms with Gasteiger partial charge in [0.2, 0.25) is 0 Å². The Morgan fingerprint density at radius 2 is 1.87 bits per heavy atom. The monoisotopic (exact) mass is 322 g/mol. The Kier molecular flexibility index (Phi) is 5.18. The maximum Gasteiger partial charge on any atom is 0.139 e. The van der Waals surface area contributed by atoms with Crippen LogP contribution in [0.3, 0.4) is 0 Å². The highest BCUT2D eigenvalue weighted by Crippen LogP contribution is 2.60. The summed E-state index contributed by atoms with van der Waals surface area (Å²) in [6.45, 7) is 4.32. The molecule has 5 atom stereocenters. The van der Waals surface area contributed by atoms with Crippen molar-refractivity contribution < 1.29 is 15.0 Å². The highest BCUT2D eigenvalue weighted by Gasteiger charge is 2.61. The molecule has 3 aliphatic carbocycles. The van der Waals surface area contributed by atoms with E-state index in [-0.39, 0.29) is 23.5 Å². The Bertz CT molecular complexity index is 427. The fourth-order valence-corrected chi connectivity index (χ4v) is 5.92. The second-order valence-electron chi connectivity index (χ2n) is 8.74. The number of rotatable bonds is 5. The molecule has 0 heterocycles. The third-order valence-corrected chi connectivity index (χ3v) is 7.47. The predicted molar refractivity (Wildman–Crippen MR) is 90.9 cm³/mol. The summed E-state index contributed by atoms with van der Waals surface area (Å²) in [5.41, 5.74) is -0.167. The van der Waals surface area contributed by atoms with Gasteiger partial charge in [-0.25, -0.2) is 0 Å². The van der Waals surface area contributed by atoms with Gasteiger partial charge in [-0.1, -0.05) is 33.1 Å². The zero-order valence-corrected chi connectivity index (χ0v) is 14.8. The van der Waals surface area contributed by atoms with Gasteiger partial charge in [-0.2, -0.15) is 0 Å². The van der Waals surface area contributed by atoms with Crippen molar-refractivity contribution in [2.24, 2.45) is 29.1 Å². The molecule has 23 heavy (non-hydrogen) atoms. The van der Waals surface area contributed by atoms with Crippen LogP contribution in [-0.2, 0) is 4.79 Å². The van der Waals surface area contributed by atoms with Gasteiger partial charge in [-0.3, -0.25) is 4.79 Å². The van der Waals surface area contributed by atoms with Gasteiger partial charge in [0.25, 0.3) is 0 Å².